The van der Waals surface area contributed by atoms with E-state index >= 15 is 0 Å². The summed E-state index contributed by atoms with van der Waals surface area (Å²) in [6.07, 6.45) is 3.13. The third-order valence-corrected chi connectivity index (χ3v) is 6.10. The van der Waals surface area contributed by atoms with Crippen LogP contribution in [0, 0.1) is 0 Å². The minimum absolute atomic E-state index is 0.0877. The fourth-order valence-corrected chi connectivity index (χ4v) is 4.22. The van der Waals surface area contributed by atoms with Crippen molar-refractivity contribution in [1.29, 1.82) is 0 Å². The molecule has 0 radical (unpaired) electrons. The van der Waals surface area contributed by atoms with Crippen LogP contribution < -0.4 is 11.2 Å². The molecule has 0 saturated heterocycles. The van der Waals surface area contributed by atoms with Crippen molar-refractivity contribution in [3.05, 3.63) is 50.3 Å². The number of fused-ring (bicyclic) bond motifs is 1. The molecule has 9 nitrogen and oxygen atoms in total. The highest BCUT2D eigenvalue weighted by molar-refractivity contribution is 7.89. The van der Waals surface area contributed by atoms with Crippen LogP contribution in [-0.2, 0) is 35.5 Å². The van der Waals surface area contributed by atoms with Gasteiger partial charge in [-0.05, 0) is 0 Å². The lowest BCUT2D eigenvalue weighted by Gasteiger charge is -2.28. The summed E-state index contributed by atoms with van der Waals surface area (Å²) in [6.45, 7) is 6.34. The van der Waals surface area contributed by atoms with Crippen LogP contribution in [0.1, 0.15) is 37.9 Å². The predicted molar refractivity (Wildman–Crippen MR) is 94.3 cm³/mol. The van der Waals surface area contributed by atoms with Gasteiger partial charge < -0.3 is 4.57 Å². The van der Waals surface area contributed by atoms with Gasteiger partial charge in [0.25, 0.3) is 5.56 Å². The number of rotatable bonds is 2. The fourth-order valence-electron chi connectivity index (χ4n) is 2.72. The minimum atomic E-state index is -4.04. The van der Waals surface area contributed by atoms with Crippen molar-refractivity contribution < 1.29 is 8.42 Å². The van der Waals surface area contributed by atoms with E-state index in [0.29, 0.717) is 17.8 Å². The molecule has 10 heteroatoms. The van der Waals surface area contributed by atoms with Crippen LogP contribution in [0.3, 0.4) is 0 Å². The number of hydrogen-bond acceptors (Lipinski definition) is 6. The zero-order chi connectivity index (χ0) is 19.3. The van der Waals surface area contributed by atoms with E-state index in [9.17, 15) is 18.0 Å². The maximum atomic E-state index is 12.9. The highest BCUT2D eigenvalue weighted by Crippen LogP contribution is 2.25. The van der Waals surface area contributed by atoms with Gasteiger partial charge >= 0.3 is 5.69 Å². The molecule has 0 spiro atoms. The summed E-state index contributed by atoms with van der Waals surface area (Å²) in [5, 5.41) is 0. The molecule has 0 aliphatic carbocycles. The SMILES string of the molecule is Cn1cc(S(=O)(=O)N2CCc3nc(C(C)(C)C)ncc3C2)c(=O)[nH]c1=O. The molecular formula is C16H21N5O4S. The van der Waals surface area contributed by atoms with Gasteiger partial charge in [0.05, 0.1) is 0 Å². The van der Waals surface area contributed by atoms with E-state index in [1.165, 1.54) is 11.4 Å². The number of aromatic nitrogens is 4. The van der Waals surface area contributed by atoms with Crippen LogP contribution in [0.2, 0.25) is 0 Å². The number of hydrogen-bond donors (Lipinski definition) is 1. The predicted octanol–water partition coefficient (Wildman–Crippen LogP) is -0.0919. The minimum Gasteiger partial charge on any atom is -0.302 e. The Bertz CT molecular complexity index is 1080. The summed E-state index contributed by atoms with van der Waals surface area (Å²) in [5.41, 5.74) is -0.237. The number of aromatic amines is 1. The first kappa shape index (κ1) is 18.5. The van der Waals surface area contributed by atoms with Crippen molar-refractivity contribution in [1.82, 2.24) is 23.8 Å². The highest BCUT2D eigenvalue weighted by Gasteiger charge is 2.32. The molecule has 0 aromatic carbocycles. The summed E-state index contributed by atoms with van der Waals surface area (Å²) in [7, 11) is -2.66. The maximum absolute atomic E-state index is 12.9. The van der Waals surface area contributed by atoms with Crippen molar-refractivity contribution in [2.75, 3.05) is 6.54 Å². The van der Waals surface area contributed by atoms with E-state index in [1.54, 1.807) is 6.20 Å². The van der Waals surface area contributed by atoms with E-state index < -0.39 is 26.2 Å². The van der Waals surface area contributed by atoms with Gasteiger partial charge in [-0.2, -0.15) is 4.31 Å². The van der Waals surface area contributed by atoms with Gasteiger partial charge in [0, 0.05) is 55.6 Å². The van der Waals surface area contributed by atoms with Crippen molar-refractivity contribution in [3.63, 3.8) is 0 Å². The Hall–Kier alpha value is -2.33. The number of aryl methyl sites for hydroxylation is 1. The standard InChI is InChI=1S/C16H21N5O4S/c1-16(2,3)14-17-7-10-8-21(6-5-11(10)18-14)26(24,25)12-9-20(4)15(23)19-13(12)22/h7,9H,5-6,8H2,1-4H3,(H,19,22,23). The van der Waals surface area contributed by atoms with E-state index in [-0.39, 0.29) is 18.5 Å². The lowest BCUT2D eigenvalue weighted by Crippen LogP contribution is -2.41. The van der Waals surface area contributed by atoms with Gasteiger partial charge in [0.2, 0.25) is 10.0 Å². The van der Waals surface area contributed by atoms with Crippen LogP contribution in [0.5, 0.6) is 0 Å². The van der Waals surface area contributed by atoms with Crippen LogP contribution >= 0.6 is 0 Å². The molecule has 3 heterocycles. The second-order valence-electron chi connectivity index (χ2n) is 7.37. The summed E-state index contributed by atoms with van der Waals surface area (Å²) in [4.78, 5) is 33.9. The van der Waals surface area contributed by atoms with Gasteiger partial charge in [0.15, 0.2) is 4.90 Å². The number of nitrogens with one attached hydrogen (secondary N) is 1. The van der Waals surface area contributed by atoms with Gasteiger partial charge in [0.1, 0.15) is 5.82 Å². The van der Waals surface area contributed by atoms with Crippen molar-refractivity contribution in [3.8, 4) is 0 Å². The van der Waals surface area contributed by atoms with E-state index in [0.717, 1.165) is 16.5 Å². The molecule has 1 aliphatic rings. The quantitative estimate of drug-likeness (QED) is 0.779. The number of sulfonamides is 1. The Balaban J connectivity index is 1.97. The molecule has 0 amide bonds. The molecule has 2 aromatic heterocycles. The van der Waals surface area contributed by atoms with Crippen molar-refractivity contribution in [2.24, 2.45) is 7.05 Å². The molecule has 0 atom stereocenters. The van der Waals surface area contributed by atoms with Gasteiger partial charge in [-0.3, -0.25) is 9.78 Å². The summed E-state index contributed by atoms with van der Waals surface area (Å²) in [6, 6.07) is 0. The third-order valence-electron chi connectivity index (χ3n) is 4.26. The monoisotopic (exact) mass is 379 g/mol. The van der Waals surface area contributed by atoms with E-state index in [2.05, 4.69) is 9.97 Å². The van der Waals surface area contributed by atoms with E-state index in [4.69, 9.17) is 0 Å². The Morgan fingerprint density at radius 3 is 2.58 bits per heavy atom. The third kappa shape index (κ3) is 3.21. The normalized spacial score (nSPS) is 15.7. The van der Waals surface area contributed by atoms with E-state index in [1.807, 2.05) is 25.8 Å². The molecule has 3 rings (SSSR count). The molecule has 1 N–H and O–H groups in total. The lowest BCUT2D eigenvalue weighted by molar-refractivity contribution is 0.383. The first-order valence-electron chi connectivity index (χ1n) is 8.15. The zero-order valence-electron chi connectivity index (χ0n) is 15.1. The highest BCUT2D eigenvalue weighted by atomic mass is 32.2. The van der Waals surface area contributed by atoms with Crippen LogP contribution in [0.4, 0.5) is 0 Å². The Morgan fingerprint density at radius 1 is 1.23 bits per heavy atom. The summed E-state index contributed by atoms with van der Waals surface area (Å²) in [5.74, 6) is 0.710. The number of H-pyrrole nitrogens is 1. The second-order valence-corrected chi connectivity index (χ2v) is 9.27. The Kier molecular flexibility index (Phi) is 4.35. The molecule has 0 bridgehead atoms. The first-order valence-corrected chi connectivity index (χ1v) is 9.59. The summed E-state index contributed by atoms with van der Waals surface area (Å²) >= 11 is 0. The van der Waals surface area contributed by atoms with Gasteiger partial charge in [-0.25, -0.2) is 23.2 Å². The molecule has 0 saturated carbocycles. The Morgan fingerprint density at radius 2 is 1.92 bits per heavy atom. The van der Waals surface area contributed by atoms with Crippen LogP contribution in [-0.4, -0.2) is 38.8 Å². The largest absolute Gasteiger partial charge is 0.328 e. The smallest absolute Gasteiger partial charge is 0.302 e. The molecule has 140 valence electrons. The average Bonchev–Trinajstić information content (AvgIpc) is 2.56. The van der Waals surface area contributed by atoms with Gasteiger partial charge in [-0.1, -0.05) is 20.8 Å². The molecule has 2 aromatic rings. The average molecular weight is 379 g/mol. The molecule has 0 unspecified atom stereocenters. The number of nitrogens with zero attached hydrogens (tertiary/aromatic N) is 4. The molecule has 0 fully saturated rings. The first-order chi connectivity index (χ1) is 12.0. The Labute approximate surface area is 150 Å². The maximum Gasteiger partial charge on any atom is 0.328 e. The molecule has 26 heavy (non-hydrogen) atoms. The second kappa shape index (κ2) is 6.13. The summed E-state index contributed by atoms with van der Waals surface area (Å²) < 4.78 is 28.0. The van der Waals surface area contributed by atoms with Gasteiger partial charge in [-0.15, -0.1) is 0 Å². The van der Waals surface area contributed by atoms with Crippen LogP contribution in [0.25, 0.3) is 0 Å². The van der Waals surface area contributed by atoms with Crippen LogP contribution in [0.15, 0.2) is 26.9 Å². The fraction of sp³-hybridized carbons (Fsp3) is 0.500. The molecular weight excluding hydrogens is 358 g/mol. The van der Waals surface area contributed by atoms with Crippen molar-refractivity contribution in [2.45, 2.75) is 44.0 Å². The zero-order valence-corrected chi connectivity index (χ0v) is 15.9. The topological polar surface area (TPSA) is 118 Å². The van der Waals surface area contributed by atoms with Crippen molar-refractivity contribution >= 4 is 10.0 Å². The lowest BCUT2D eigenvalue weighted by atomic mass is 9.95. The molecule has 1 aliphatic heterocycles.